The summed E-state index contributed by atoms with van der Waals surface area (Å²) in [6.45, 7) is -0.263. The fourth-order valence-electron chi connectivity index (χ4n) is 2.72. The second-order valence-corrected chi connectivity index (χ2v) is 6.32. The van der Waals surface area contributed by atoms with Crippen molar-refractivity contribution >= 4 is 17.8 Å². The average Bonchev–Trinajstić information content (AvgIpc) is 2.79. The summed E-state index contributed by atoms with van der Waals surface area (Å²) in [5, 5.41) is 24.5. The van der Waals surface area contributed by atoms with Crippen molar-refractivity contribution in [1.29, 1.82) is 0 Å². The van der Waals surface area contributed by atoms with Crippen molar-refractivity contribution < 1.29 is 24.3 Å². The van der Waals surface area contributed by atoms with Gasteiger partial charge in [-0.1, -0.05) is 42.5 Å². The third-order valence-corrected chi connectivity index (χ3v) is 4.23. The Labute approximate surface area is 177 Å². The maximum atomic E-state index is 11.9. The lowest BCUT2D eigenvalue weighted by Gasteiger charge is -2.07. The molecule has 0 aliphatic carbocycles. The maximum absolute atomic E-state index is 11.9. The Morgan fingerprint density at radius 2 is 1.81 bits per heavy atom. The van der Waals surface area contributed by atoms with E-state index in [1.165, 1.54) is 19.4 Å². The summed E-state index contributed by atoms with van der Waals surface area (Å²) in [6.07, 6.45) is 1.20. The van der Waals surface area contributed by atoms with Crippen LogP contribution in [0.25, 0.3) is 11.1 Å². The molecule has 2 N–H and O–H groups in total. The van der Waals surface area contributed by atoms with E-state index in [4.69, 9.17) is 9.47 Å². The van der Waals surface area contributed by atoms with Crippen LogP contribution in [0.1, 0.15) is 5.56 Å². The highest BCUT2D eigenvalue weighted by Crippen LogP contribution is 2.36. The first-order valence-corrected chi connectivity index (χ1v) is 9.13. The van der Waals surface area contributed by atoms with Crippen molar-refractivity contribution in [2.45, 2.75) is 0 Å². The van der Waals surface area contributed by atoms with Gasteiger partial charge in [-0.15, -0.1) is 0 Å². The number of nitrogens with zero attached hydrogens (tertiary/aromatic N) is 2. The first-order valence-electron chi connectivity index (χ1n) is 9.13. The molecule has 0 saturated carbocycles. The standard InChI is InChI=1S/C22H19N3O6/c1-30-20-12-15(11-19(22(20)27)25(28)29)13-23-24-21(26)14-31-18-9-7-17(8-10-18)16-5-3-2-4-6-16/h2-13,27H,14H2,1H3,(H,24,26)/b23-13+. The van der Waals surface area contributed by atoms with E-state index < -0.39 is 22.3 Å². The topological polar surface area (TPSA) is 123 Å². The van der Waals surface area contributed by atoms with E-state index in [1.54, 1.807) is 12.1 Å². The van der Waals surface area contributed by atoms with Gasteiger partial charge in [-0.3, -0.25) is 14.9 Å². The van der Waals surface area contributed by atoms with Crippen molar-refractivity contribution in [1.82, 2.24) is 5.43 Å². The zero-order chi connectivity index (χ0) is 22.2. The first-order chi connectivity index (χ1) is 15.0. The summed E-state index contributed by atoms with van der Waals surface area (Å²) in [7, 11) is 1.27. The second kappa shape index (κ2) is 9.88. The Morgan fingerprint density at radius 1 is 1.13 bits per heavy atom. The summed E-state index contributed by atoms with van der Waals surface area (Å²) in [6, 6.07) is 19.6. The lowest BCUT2D eigenvalue weighted by atomic mass is 10.1. The van der Waals surface area contributed by atoms with Gasteiger partial charge >= 0.3 is 5.69 Å². The van der Waals surface area contributed by atoms with Crippen LogP contribution < -0.4 is 14.9 Å². The molecule has 31 heavy (non-hydrogen) atoms. The molecular weight excluding hydrogens is 402 g/mol. The van der Waals surface area contributed by atoms with E-state index in [1.807, 2.05) is 42.5 Å². The van der Waals surface area contributed by atoms with Crippen molar-refractivity contribution in [3.05, 3.63) is 82.4 Å². The number of hydrazone groups is 1. The molecule has 9 nitrogen and oxygen atoms in total. The highest BCUT2D eigenvalue weighted by atomic mass is 16.6. The number of amides is 1. The Bertz CT molecular complexity index is 1100. The number of hydrogen-bond donors (Lipinski definition) is 2. The summed E-state index contributed by atoms with van der Waals surface area (Å²) in [4.78, 5) is 22.2. The minimum Gasteiger partial charge on any atom is -0.500 e. The second-order valence-electron chi connectivity index (χ2n) is 6.32. The van der Waals surface area contributed by atoms with E-state index in [2.05, 4.69) is 10.5 Å². The molecule has 3 aromatic rings. The average molecular weight is 421 g/mol. The lowest BCUT2D eigenvalue weighted by Crippen LogP contribution is -2.24. The number of carbonyl (C=O) groups is 1. The van der Waals surface area contributed by atoms with Gasteiger partial charge in [0.15, 0.2) is 12.4 Å². The van der Waals surface area contributed by atoms with Crippen molar-refractivity contribution in [2.24, 2.45) is 5.10 Å². The number of nitrogens with one attached hydrogen (secondary N) is 1. The summed E-state index contributed by atoms with van der Waals surface area (Å²) in [5.41, 5.74) is 4.11. The zero-order valence-electron chi connectivity index (χ0n) is 16.5. The lowest BCUT2D eigenvalue weighted by molar-refractivity contribution is -0.386. The smallest absolute Gasteiger partial charge is 0.315 e. The quantitative estimate of drug-likeness (QED) is 0.326. The monoisotopic (exact) mass is 421 g/mol. The van der Waals surface area contributed by atoms with Crippen LogP contribution in [-0.4, -0.2) is 35.9 Å². The molecule has 3 aromatic carbocycles. The van der Waals surface area contributed by atoms with E-state index >= 15 is 0 Å². The molecule has 0 aliphatic rings. The minimum absolute atomic E-state index is 0.0794. The van der Waals surface area contributed by atoms with Crippen LogP contribution in [0.2, 0.25) is 0 Å². The number of carbonyl (C=O) groups excluding carboxylic acids is 1. The molecule has 0 radical (unpaired) electrons. The maximum Gasteiger partial charge on any atom is 0.315 e. The van der Waals surface area contributed by atoms with Gasteiger partial charge in [0.25, 0.3) is 5.91 Å². The number of nitro benzene ring substituents is 1. The van der Waals surface area contributed by atoms with Crippen LogP contribution in [-0.2, 0) is 4.79 Å². The van der Waals surface area contributed by atoms with Crippen LogP contribution in [0.5, 0.6) is 17.2 Å². The van der Waals surface area contributed by atoms with Gasteiger partial charge in [-0.25, -0.2) is 5.43 Å². The molecule has 9 heteroatoms. The van der Waals surface area contributed by atoms with Crippen molar-refractivity contribution in [3.63, 3.8) is 0 Å². The summed E-state index contributed by atoms with van der Waals surface area (Å²) >= 11 is 0. The first kappa shape index (κ1) is 21.3. The molecule has 0 fully saturated rings. The largest absolute Gasteiger partial charge is 0.500 e. The summed E-state index contributed by atoms with van der Waals surface area (Å²) in [5.74, 6) is -0.647. The van der Waals surface area contributed by atoms with Crippen LogP contribution in [0, 0.1) is 10.1 Å². The highest BCUT2D eigenvalue weighted by molar-refractivity contribution is 5.85. The number of nitro groups is 1. The van der Waals surface area contributed by atoms with Crippen LogP contribution in [0.3, 0.4) is 0 Å². The van der Waals surface area contributed by atoms with Gasteiger partial charge in [0.2, 0.25) is 5.75 Å². The van der Waals surface area contributed by atoms with Crippen molar-refractivity contribution in [2.75, 3.05) is 13.7 Å². The number of methoxy groups -OCH3 is 1. The summed E-state index contributed by atoms with van der Waals surface area (Å²) < 4.78 is 10.3. The third kappa shape index (κ3) is 5.57. The molecule has 158 valence electrons. The van der Waals surface area contributed by atoms with Gasteiger partial charge in [0, 0.05) is 11.6 Å². The van der Waals surface area contributed by atoms with Crippen LogP contribution in [0.15, 0.2) is 71.8 Å². The van der Waals surface area contributed by atoms with Gasteiger partial charge in [0.05, 0.1) is 18.2 Å². The molecule has 0 bridgehead atoms. The fourth-order valence-corrected chi connectivity index (χ4v) is 2.72. The molecule has 1 amide bonds. The molecule has 0 aliphatic heterocycles. The fraction of sp³-hybridized carbons (Fsp3) is 0.0909. The number of aromatic hydroxyl groups is 1. The van der Waals surface area contributed by atoms with Gasteiger partial charge in [-0.05, 0) is 29.3 Å². The van der Waals surface area contributed by atoms with E-state index in [0.717, 1.165) is 17.2 Å². The number of hydrogen-bond acceptors (Lipinski definition) is 7. The van der Waals surface area contributed by atoms with Crippen LogP contribution in [0.4, 0.5) is 5.69 Å². The number of benzene rings is 3. The zero-order valence-corrected chi connectivity index (χ0v) is 16.5. The Balaban J connectivity index is 1.55. The number of rotatable bonds is 8. The molecule has 0 unspecified atom stereocenters. The molecule has 0 saturated heterocycles. The Hall–Kier alpha value is -4.40. The predicted molar refractivity (Wildman–Crippen MR) is 114 cm³/mol. The normalized spacial score (nSPS) is 10.6. The van der Waals surface area contributed by atoms with E-state index in [0.29, 0.717) is 5.75 Å². The highest BCUT2D eigenvalue weighted by Gasteiger charge is 2.19. The van der Waals surface area contributed by atoms with Gasteiger partial charge in [0.1, 0.15) is 5.75 Å². The van der Waals surface area contributed by atoms with E-state index in [-0.39, 0.29) is 17.9 Å². The Morgan fingerprint density at radius 3 is 2.45 bits per heavy atom. The predicted octanol–water partition coefficient (Wildman–Crippen LogP) is 3.51. The van der Waals surface area contributed by atoms with Crippen molar-refractivity contribution in [3.8, 4) is 28.4 Å². The van der Waals surface area contributed by atoms with E-state index in [9.17, 15) is 20.0 Å². The van der Waals surface area contributed by atoms with Crippen LogP contribution >= 0.6 is 0 Å². The molecule has 3 rings (SSSR count). The van der Waals surface area contributed by atoms with Gasteiger partial charge < -0.3 is 14.6 Å². The molecule has 0 atom stereocenters. The molecular formula is C22H19N3O6. The minimum atomic E-state index is -0.745. The number of phenolic OH excluding ortho intramolecular Hbond substituents is 1. The molecule has 0 spiro atoms. The van der Waals surface area contributed by atoms with Gasteiger partial charge in [-0.2, -0.15) is 5.10 Å². The Kier molecular flexibility index (Phi) is 6.79. The number of ether oxygens (including phenoxy) is 2. The molecule has 0 heterocycles. The third-order valence-electron chi connectivity index (χ3n) is 4.23. The SMILES string of the molecule is COc1cc(/C=N/NC(=O)COc2ccc(-c3ccccc3)cc2)cc([N+](=O)[O-])c1O. The molecule has 0 aromatic heterocycles. The number of phenols is 1.